The highest BCUT2D eigenvalue weighted by Gasteiger charge is 2.11. The molecule has 0 aromatic carbocycles. The van der Waals surface area contributed by atoms with E-state index in [0.29, 0.717) is 24.6 Å². The zero-order valence-corrected chi connectivity index (χ0v) is 9.56. The highest BCUT2D eigenvalue weighted by atomic mass is 16.5. The molecule has 0 radical (unpaired) electrons. The summed E-state index contributed by atoms with van der Waals surface area (Å²) in [7, 11) is 0. The van der Waals surface area contributed by atoms with Crippen LogP contribution in [0.3, 0.4) is 0 Å². The van der Waals surface area contributed by atoms with Crippen LogP contribution in [0.2, 0.25) is 0 Å². The number of aliphatic hydroxyl groups is 1. The molecule has 6 heteroatoms. The summed E-state index contributed by atoms with van der Waals surface area (Å²) in [6, 6.07) is -0.170. The topological polar surface area (TPSA) is 88.2 Å². The molecule has 1 heterocycles. The predicted molar refractivity (Wildman–Crippen MR) is 56.7 cm³/mol. The third-order valence-electron chi connectivity index (χ3n) is 2.21. The van der Waals surface area contributed by atoms with E-state index in [2.05, 4.69) is 15.5 Å². The molecule has 1 aromatic heterocycles. The number of hydrogen-bond acceptors (Lipinski definition) is 5. The van der Waals surface area contributed by atoms with E-state index in [0.717, 1.165) is 0 Å². The maximum Gasteiger partial charge on any atom is 0.227 e. The van der Waals surface area contributed by atoms with Crippen molar-refractivity contribution in [3.8, 4) is 0 Å². The van der Waals surface area contributed by atoms with Crippen molar-refractivity contribution in [3.63, 3.8) is 0 Å². The van der Waals surface area contributed by atoms with Gasteiger partial charge in [-0.05, 0) is 13.3 Å². The zero-order valence-electron chi connectivity index (χ0n) is 9.56. The number of carbonyl (C=O) groups is 1. The fourth-order valence-corrected chi connectivity index (χ4v) is 1.24. The van der Waals surface area contributed by atoms with Crippen LogP contribution in [0, 0.1) is 6.92 Å². The molecule has 0 unspecified atom stereocenters. The molecule has 0 aliphatic heterocycles. The van der Waals surface area contributed by atoms with E-state index in [1.165, 1.54) is 0 Å². The number of amides is 1. The van der Waals surface area contributed by atoms with Gasteiger partial charge in [-0.15, -0.1) is 0 Å². The average Bonchev–Trinajstić information content (AvgIpc) is 2.69. The second kappa shape index (κ2) is 6.22. The van der Waals surface area contributed by atoms with Crippen LogP contribution in [0.15, 0.2) is 4.52 Å². The normalized spacial score (nSPS) is 12.4. The maximum absolute atomic E-state index is 11.4. The van der Waals surface area contributed by atoms with Gasteiger partial charge in [0.1, 0.15) is 0 Å². The highest BCUT2D eigenvalue weighted by Crippen LogP contribution is 2.00. The SMILES string of the molecule is CC[C@H](CO)NC(=O)CCc1nc(C)no1. The first-order valence-corrected chi connectivity index (χ1v) is 5.35. The maximum atomic E-state index is 11.4. The van der Waals surface area contributed by atoms with Crippen molar-refractivity contribution in [2.24, 2.45) is 0 Å². The average molecular weight is 227 g/mol. The fraction of sp³-hybridized carbons (Fsp3) is 0.700. The van der Waals surface area contributed by atoms with Gasteiger partial charge in [0.05, 0.1) is 12.6 Å². The fourth-order valence-electron chi connectivity index (χ4n) is 1.24. The van der Waals surface area contributed by atoms with Gasteiger partial charge >= 0.3 is 0 Å². The second-order valence-corrected chi connectivity index (χ2v) is 3.59. The molecule has 1 rings (SSSR count). The van der Waals surface area contributed by atoms with Gasteiger partial charge in [0.25, 0.3) is 0 Å². The number of aryl methyl sites for hydroxylation is 2. The Hall–Kier alpha value is -1.43. The van der Waals surface area contributed by atoms with Gasteiger partial charge in [-0.2, -0.15) is 4.98 Å². The van der Waals surface area contributed by atoms with Crippen LogP contribution < -0.4 is 5.32 Å². The lowest BCUT2D eigenvalue weighted by atomic mass is 10.2. The van der Waals surface area contributed by atoms with Crippen molar-refractivity contribution in [2.75, 3.05) is 6.61 Å². The van der Waals surface area contributed by atoms with Gasteiger partial charge in [0, 0.05) is 12.8 Å². The summed E-state index contributed by atoms with van der Waals surface area (Å²) in [5.41, 5.74) is 0. The summed E-state index contributed by atoms with van der Waals surface area (Å²) >= 11 is 0. The Kier molecular flexibility index (Phi) is 4.91. The van der Waals surface area contributed by atoms with E-state index in [9.17, 15) is 4.79 Å². The Morgan fingerprint density at radius 1 is 1.62 bits per heavy atom. The highest BCUT2D eigenvalue weighted by molar-refractivity contribution is 5.76. The van der Waals surface area contributed by atoms with Crippen LogP contribution in [0.5, 0.6) is 0 Å². The molecule has 0 aliphatic carbocycles. The van der Waals surface area contributed by atoms with Crippen LogP contribution in [0.1, 0.15) is 31.5 Å². The van der Waals surface area contributed by atoms with E-state index in [1.807, 2.05) is 6.92 Å². The van der Waals surface area contributed by atoms with Gasteiger partial charge in [-0.1, -0.05) is 12.1 Å². The first-order chi connectivity index (χ1) is 7.65. The minimum Gasteiger partial charge on any atom is -0.394 e. The third-order valence-corrected chi connectivity index (χ3v) is 2.21. The molecule has 0 saturated carbocycles. The molecule has 1 atom stereocenters. The first-order valence-electron chi connectivity index (χ1n) is 5.35. The van der Waals surface area contributed by atoms with Crippen molar-refractivity contribution in [1.82, 2.24) is 15.5 Å². The summed E-state index contributed by atoms with van der Waals surface area (Å²) in [5.74, 6) is 0.915. The zero-order chi connectivity index (χ0) is 12.0. The van der Waals surface area contributed by atoms with Crippen molar-refractivity contribution in [3.05, 3.63) is 11.7 Å². The molecule has 0 fully saturated rings. The summed E-state index contributed by atoms with van der Waals surface area (Å²) in [5, 5.41) is 15.3. The lowest BCUT2D eigenvalue weighted by Crippen LogP contribution is -2.37. The first kappa shape index (κ1) is 12.6. The van der Waals surface area contributed by atoms with Crippen LogP contribution in [-0.4, -0.2) is 33.8 Å². The van der Waals surface area contributed by atoms with Gasteiger partial charge < -0.3 is 14.9 Å². The Morgan fingerprint density at radius 2 is 2.38 bits per heavy atom. The number of aromatic nitrogens is 2. The summed E-state index contributed by atoms with van der Waals surface area (Å²) in [6.45, 7) is 3.59. The molecule has 2 N–H and O–H groups in total. The molecule has 6 nitrogen and oxygen atoms in total. The van der Waals surface area contributed by atoms with Crippen molar-refractivity contribution in [1.29, 1.82) is 0 Å². The number of aliphatic hydroxyl groups excluding tert-OH is 1. The standard InChI is InChI=1S/C10H17N3O3/c1-3-8(6-14)12-9(15)4-5-10-11-7(2)13-16-10/h8,14H,3-6H2,1-2H3,(H,12,15)/t8-/m1/s1. The molecule has 0 spiro atoms. The number of nitrogens with one attached hydrogen (secondary N) is 1. The number of nitrogens with zero attached hydrogens (tertiary/aromatic N) is 2. The molecule has 0 bridgehead atoms. The molecule has 0 aliphatic rings. The predicted octanol–water partition coefficient (Wildman–Crippen LogP) is 0.198. The van der Waals surface area contributed by atoms with E-state index in [-0.39, 0.29) is 25.0 Å². The Bertz CT molecular complexity index is 334. The lowest BCUT2D eigenvalue weighted by Gasteiger charge is -2.13. The van der Waals surface area contributed by atoms with Crippen LogP contribution >= 0.6 is 0 Å². The Balaban J connectivity index is 2.30. The summed E-state index contributed by atoms with van der Waals surface area (Å²) in [6.07, 6.45) is 1.43. The van der Waals surface area contributed by atoms with Gasteiger partial charge in [-0.3, -0.25) is 4.79 Å². The van der Waals surface area contributed by atoms with E-state index in [4.69, 9.17) is 9.63 Å². The smallest absolute Gasteiger partial charge is 0.227 e. The second-order valence-electron chi connectivity index (χ2n) is 3.59. The van der Waals surface area contributed by atoms with Crippen LogP contribution in [-0.2, 0) is 11.2 Å². The van der Waals surface area contributed by atoms with Crippen molar-refractivity contribution in [2.45, 2.75) is 39.2 Å². The van der Waals surface area contributed by atoms with Crippen molar-refractivity contribution < 1.29 is 14.4 Å². The molecule has 0 saturated heterocycles. The van der Waals surface area contributed by atoms with Gasteiger partial charge in [-0.25, -0.2) is 0 Å². The van der Waals surface area contributed by atoms with Gasteiger partial charge in [0.15, 0.2) is 5.82 Å². The Labute approximate surface area is 94.0 Å². The molecule has 1 amide bonds. The molecular weight excluding hydrogens is 210 g/mol. The Morgan fingerprint density at radius 3 is 2.88 bits per heavy atom. The van der Waals surface area contributed by atoms with E-state index >= 15 is 0 Å². The number of hydrogen-bond donors (Lipinski definition) is 2. The van der Waals surface area contributed by atoms with E-state index in [1.54, 1.807) is 6.92 Å². The molecule has 16 heavy (non-hydrogen) atoms. The van der Waals surface area contributed by atoms with E-state index < -0.39 is 0 Å². The largest absolute Gasteiger partial charge is 0.394 e. The lowest BCUT2D eigenvalue weighted by molar-refractivity contribution is -0.122. The molecule has 90 valence electrons. The molecule has 1 aromatic rings. The van der Waals surface area contributed by atoms with Crippen LogP contribution in [0.4, 0.5) is 0 Å². The summed E-state index contributed by atoms with van der Waals surface area (Å²) in [4.78, 5) is 15.4. The summed E-state index contributed by atoms with van der Waals surface area (Å²) < 4.78 is 4.88. The van der Waals surface area contributed by atoms with Crippen LogP contribution in [0.25, 0.3) is 0 Å². The van der Waals surface area contributed by atoms with Crippen molar-refractivity contribution >= 4 is 5.91 Å². The monoisotopic (exact) mass is 227 g/mol. The minimum atomic E-state index is -0.170. The number of rotatable bonds is 6. The minimum absolute atomic E-state index is 0.0398. The number of carbonyl (C=O) groups excluding carboxylic acids is 1. The third kappa shape index (κ3) is 3.98. The quantitative estimate of drug-likeness (QED) is 0.724. The molecular formula is C10H17N3O3. The van der Waals surface area contributed by atoms with Gasteiger partial charge in [0.2, 0.25) is 11.8 Å².